The Morgan fingerprint density at radius 1 is 1.21 bits per heavy atom. The molecular formula is C16H11BrClN3O2S. The molecule has 24 heavy (non-hydrogen) atoms. The average Bonchev–Trinajstić information content (AvgIpc) is 3.03. The number of anilines is 1. The molecule has 122 valence electrons. The smallest absolute Gasteiger partial charge is 0.322 e. The standard InChI is InChI=1S/C16H11BrClN3O2S/c17-11-3-1-2-10(8-11)15-20-21-16(23-15)19-14(22)9-24-13-6-4-12(18)5-7-13/h1-8H,9H2,(H,19,21,22). The first kappa shape index (κ1) is 17.0. The minimum absolute atomic E-state index is 0.0756. The molecule has 3 aromatic rings. The fraction of sp³-hybridized carbons (Fsp3) is 0.0625. The highest BCUT2D eigenvalue weighted by Gasteiger charge is 2.12. The summed E-state index contributed by atoms with van der Waals surface area (Å²) < 4.78 is 6.37. The monoisotopic (exact) mass is 423 g/mol. The number of carbonyl (C=O) groups is 1. The first-order valence-electron chi connectivity index (χ1n) is 6.88. The van der Waals surface area contributed by atoms with Gasteiger partial charge in [0.2, 0.25) is 11.8 Å². The Hall–Kier alpha value is -1.83. The Kier molecular flexibility index (Phi) is 5.55. The van der Waals surface area contributed by atoms with Crippen molar-refractivity contribution in [3.8, 4) is 11.5 Å². The molecule has 5 nitrogen and oxygen atoms in total. The van der Waals surface area contributed by atoms with E-state index in [0.717, 1.165) is 14.9 Å². The number of hydrogen-bond donors (Lipinski definition) is 1. The summed E-state index contributed by atoms with van der Waals surface area (Å²) in [6.07, 6.45) is 0. The van der Waals surface area contributed by atoms with Gasteiger partial charge in [0.25, 0.3) is 0 Å². The number of thioether (sulfide) groups is 1. The van der Waals surface area contributed by atoms with Gasteiger partial charge < -0.3 is 4.42 Å². The predicted octanol–water partition coefficient (Wildman–Crippen LogP) is 4.88. The molecule has 8 heteroatoms. The Morgan fingerprint density at radius 3 is 2.75 bits per heavy atom. The third kappa shape index (κ3) is 4.59. The zero-order valence-corrected chi connectivity index (χ0v) is 15.4. The van der Waals surface area contributed by atoms with Crippen LogP contribution in [0.5, 0.6) is 0 Å². The summed E-state index contributed by atoms with van der Waals surface area (Å²) in [4.78, 5) is 12.9. The molecule has 0 aliphatic heterocycles. The predicted molar refractivity (Wildman–Crippen MR) is 98.2 cm³/mol. The van der Waals surface area contributed by atoms with Crippen molar-refractivity contribution in [2.24, 2.45) is 0 Å². The maximum Gasteiger partial charge on any atom is 0.322 e. The van der Waals surface area contributed by atoms with Crippen molar-refractivity contribution in [3.05, 3.63) is 58.0 Å². The van der Waals surface area contributed by atoms with Crippen LogP contribution in [-0.4, -0.2) is 21.9 Å². The minimum Gasteiger partial charge on any atom is -0.403 e. The molecule has 1 N–H and O–H groups in total. The summed E-state index contributed by atoms with van der Waals surface area (Å²) in [5.41, 5.74) is 0.771. The van der Waals surface area contributed by atoms with Gasteiger partial charge in [0, 0.05) is 20.0 Å². The van der Waals surface area contributed by atoms with Gasteiger partial charge in [-0.3, -0.25) is 10.1 Å². The number of rotatable bonds is 5. The number of aromatic nitrogens is 2. The molecular weight excluding hydrogens is 414 g/mol. The van der Waals surface area contributed by atoms with E-state index in [-0.39, 0.29) is 17.7 Å². The van der Waals surface area contributed by atoms with Gasteiger partial charge in [-0.15, -0.1) is 16.9 Å². The van der Waals surface area contributed by atoms with Gasteiger partial charge in [0.1, 0.15) is 0 Å². The molecule has 1 amide bonds. The van der Waals surface area contributed by atoms with E-state index in [0.29, 0.717) is 10.9 Å². The van der Waals surface area contributed by atoms with Crippen LogP contribution in [0.25, 0.3) is 11.5 Å². The fourth-order valence-corrected chi connectivity index (χ4v) is 3.07. The Morgan fingerprint density at radius 2 is 2.00 bits per heavy atom. The normalized spacial score (nSPS) is 10.6. The number of hydrogen-bond acceptors (Lipinski definition) is 5. The molecule has 0 fully saturated rings. The third-order valence-electron chi connectivity index (χ3n) is 2.93. The molecule has 0 saturated heterocycles. The van der Waals surface area contributed by atoms with Crippen LogP contribution in [0, 0.1) is 0 Å². The molecule has 0 unspecified atom stereocenters. The molecule has 0 spiro atoms. The second-order valence-corrected chi connectivity index (χ2v) is 7.11. The number of nitrogens with zero attached hydrogens (tertiary/aromatic N) is 2. The summed E-state index contributed by atoms with van der Waals surface area (Å²) in [6, 6.07) is 14.8. The molecule has 0 atom stereocenters. The lowest BCUT2D eigenvalue weighted by molar-refractivity contribution is -0.113. The second-order valence-electron chi connectivity index (χ2n) is 4.71. The summed E-state index contributed by atoms with van der Waals surface area (Å²) in [5, 5.41) is 11.0. The van der Waals surface area contributed by atoms with E-state index < -0.39 is 0 Å². The minimum atomic E-state index is -0.223. The Bertz CT molecular complexity index is 855. The van der Waals surface area contributed by atoms with Crippen LogP contribution in [0.15, 0.2) is 62.3 Å². The molecule has 1 heterocycles. The van der Waals surface area contributed by atoms with Gasteiger partial charge in [0.15, 0.2) is 0 Å². The molecule has 3 rings (SSSR count). The lowest BCUT2D eigenvalue weighted by Gasteiger charge is -2.01. The van der Waals surface area contributed by atoms with E-state index in [4.69, 9.17) is 16.0 Å². The van der Waals surface area contributed by atoms with Crippen molar-refractivity contribution in [2.75, 3.05) is 11.1 Å². The first-order chi connectivity index (χ1) is 11.6. The molecule has 2 aromatic carbocycles. The lowest BCUT2D eigenvalue weighted by atomic mass is 10.2. The molecule has 0 radical (unpaired) electrons. The average molecular weight is 425 g/mol. The highest BCUT2D eigenvalue weighted by atomic mass is 79.9. The maximum absolute atomic E-state index is 12.0. The van der Waals surface area contributed by atoms with Crippen LogP contribution < -0.4 is 5.32 Å². The van der Waals surface area contributed by atoms with Crippen LogP contribution >= 0.6 is 39.3 Å². The van der Waals surface area contributed by atoms with Crippen molar-refractivity contribution in [1.82, 2.24) is 10.2 Å². The third-order valence-corrected chi connectivity index (χ3v) is 4.68. The Balaban J connectivity index is 1.58. The van der Waals surface area contributed by atoms with Gasteiger partial charge in [-0.1, -0.05) is 38.7 Å². The van der Waals surface area contributed by atoms with Gasteiger partial charge in [-0.05, 0) is 42.5 Å². The van der Waals surface area contributed by atoms with Crippen molar-refractivity contribution >= 4 is 51.2 Å². The highest BCUT2D eigenvalue weighted by molar-refractivity contribution is 9.10. The van der Waals surface area contributed by atoms with E-state index >= 15 is 0 Å². The summed E-state index contributed by atoms with van der Waals surface area (Å²) in [7, 11) is 0. The number of amides is 1. The Labute approximate surface area is 155 Å². The van der Waals surface area contributed by atoms with E-state index in [1.54, 1.807) is 12.1 Å². The molecule has 0 aliphatic carbocycles. The topological polar surface area (TPSA) is 68.0 Å². The first-order valence-corrected chi connectivity index (χ1v) is 9.03. The van der Waals surface area contributed by atoms with Gasteiger partial charge >= 0.3 is 6.01 Å². The number of halogens is 2. The van der Waals surface area contributed by atoms with Gasteiger partial charge in [-0.2, -0.15) is 0 Å². The van der Waals surface area contributed by atoms with Gasteiger partial charge in [-0.25, -0.2) is 0 Å². The summed E-state index contributed by atoms with van der Waals surface area (Å²) >= 11 is 10.6. The van der Waals surface area contributed by atoms with Crippen LogP contribution in [0.3, 0.4) is 0 Å². The van der Waals surface area contributed by atoms with Gasteiger partial charge in [0.05, 0.1) is 5.75 Å². The number of nitrogens with one attached hydrogen (secondary N) is 1. The molecule has 0 aliphatic rings. The van der Waals surface area contributed by atoms with Crippen molar-refractivity contribution in [2.45, 2.75) is 4.90 Å². The van der Waals surface area contributed by atoms with Crippen molar-refractivity contribution < 1.29 is 9.21 Å². The van der Waals surface area contributed by atoms with E-state index in [1.165, 1.54) is 11.8 Å². The van der Waals surface area contributed by atoms with Crippen molar-refractivity contribution in [1.29, 1.82) is 0 Å². The lowest BCUT2D eigenvalue weighted by Crippen LogP contribution is -2.14. The van der Waals surface area contributed by atoms with Crippen LogP contribution in [-0.2, 0) is 4.79 Å². The molecule has 1 aromatic heterocycles. The quantitative estimate of drug-likeness (QED) is 0.591. The van der Waals surface area contributed by atoms with E-state index in [1.807, 2.05) is 36.4 Å². The zero-order chi connectivity index (χ0) is 16.9. The van der Waals surface area contributed by atoms with Crippen LogP contribution in [0.1, 0.15) is 0 Å². The molecule has 0 bridgehead atoms. The van der Waals surface area contributed by atoms with Crippen LogP contribution in [0.2, 0.25) is 5.02 Å². The SMILES string of the molecule is O=C(CSc1ccc(Cl)cc1)Nc1nnc(-c2cccc(Br)c2)o1. The summed E-state index contributed by atoms with van der Waals surface area (Å²) in [6.45, 7) is 0. The van der Waals surface area contributed by atoms with E-state index in [2.05, 4.69) is 31.4 Å². The van der Waals surface area contributed by atoms with E-state index in [9.17, 15) is 4.79 Å². The number of carbonyl (C=O) groups excluding carboxylic acids is 1. The van der Waals surface area contributed by atoms with Crippen LogP contribution in [0.4, 0.5) is 6.01 Å². The molecule has 0 saturated carbocycles. The number of benzene rings is 2. The second kappa shape index (κ2) is 7.83. The highest BCUT2D eigenvalue weighted by Crippen LogP contribution is 2.24. The zero-order valence-electron chi connectivity index (χ0n) is 12.2. The van der Waals surface area contributed by atoms with Crippen molar-refractivity contribution in [3.63, 3.8) is 0 Å². The fourth-order valence-electron chi connectivity index (χ4n) is 1.85. The maximum atomic E-state index is 12.0. The summed E-state index contributed by atoms with van der Waals surface area (Å²) in [5.74, 6) is 0.354. The largest absolute Gasteiger partial charge is 0.403 e.